The van der Waals surface area contributed by atoms with E-state index in [1.165, 1.54) is 5.56 Å². The van der Waals surface area contributed by atoms with Crippen molar-refractivity contribution < 1.29 is 9.53 Å². The molecule has 1 fully saturated rings. The van der Waals surface area contributed by atoms with Crippen LogP contribution in [0.15, 0.2) is 24.3 Å². The highest BCUT2D eigenvalue weighted by Gasteiger charge is 2.26. The van der Waals surface area contributed by atoms with E-state index in [0.717, 1.165) is 12.0 Å². The van der Waals surface area contributed by atoms with Gasteiger partial charge < -0.3 is 15.4 Å². The zero-order valence-corrected chi connectivity index (χ0v) is 11.6. The molecule has 1 aromatic rings. The Morgan fingerprint density at radius 1 is 1.26 bits per heavy atom. The summed E-state index contributed by atoms with van der Waals surface area (Å²) < 4.78 is 5.65. The first-order chi connectivity index (χ1) is 9.10. The first kappa shape index (κ1) is 14.0. The van der Waals surface area contributed by atoms with Crippen molar-refractivity contribution in [3.05, 3.63) is 35.4 Å². The fourth-order valence-electron chi connectivity index (χ4n) is 2.51. The molecule has 0 radical (unpaired) electrons. The molecule has 2 rings (SSSR count). The second-order valence-corrected chi connectivity index (χ2v) is 5.20. The summed E-state index contributed by atoms with van der Waals surface area (Å²) in [5.74, 6) is 0.0845. The van der Waals surface area contributed by atoms with Gasteiger partial charge in [0.1, 0.15) is 0 Å². The van der Waals surface area contributed by atoms with Gasteiger partial charge in [-0.3, -0.25) is 4.79 Å². The van der Waals surface area contributed by atoms with Crippen molar-refractivity contribution in [2.45, 2.75) is 32.5 Å². The number of amides is 1. The lowest BCUT2D eigenvalue weighted by Gasteiger charge is -2.35. The minimum absolute atomic E-state index is 0.0845. The van der Waals surface area contributed by atoms with Crippen LogP contribution in [0.2, 0.25) is 0 Å². The number of carbonyl (C=O) groups excluding carboxylic acids is 1. The normalized spacial score (nSPS) is 23.4. The van der Waals surface area contributed by atoms with Crippen LogP contribution in [0.5, 0.6) is 0 Å². The molecule has 0 spiro atoms. The van der Waals surface area contributed by atoms with Gasteiger partial charge in [0.05, 0.1) is 12.2 Å². The average molecular weight is 262 g/mol. The number of nitrogens with zero attached hydrogens (tertiary/aromatic N) is 1. The fraction of sp³-hybridized carbons (Fsp3) is 0.533. The van der Waals surface area contributed by atoms with Crippen LogP contribution in [0.1, 0.15) is 29.8 Å². The van der Waals surface area contributed by atoms with Crippen LogP contribution in [-0.4, -0.2) is 42.6 Å². The molecule has 104 valence electrons. The van der Waals surface area contributed by atoms with Gasteiger partial charge in [-0.25, -0.2) is 0 Å². The van der Waals surface area contributed by atoms with Gasteiger partial charge in [0.15, 0.2) is 0 Å². The van der Waals surface area contributed by atoms with Crippen LogP contribution in [0.3, 0.4) is 0 Å². The summed E-state index contributed by atoms with van der Waals surface area (Å²) in [5, 5.41) is 0. The molecule has 2 atom stereocenters. The molecule has 0 aliphatic carbocycles. The molecule has 1 amide bonds. The van der Waals surface area contributed by atoms with E-state index in [-0.39, 0.29) is 18.1 Å². The molecule has 0 aromatic heterocycles. The number of nitrogens with two attached hydrogens (primary N) is 1. The number of carbonyl (C=O) groups is 1. The van der Waals surface area contributed by atoms with Crippen molar-refractivity contribution in [2.75, 3.05) is 19.6 Å². The van der Waals surface area contributed by atoms with Crippen LogP contribution in [-0.2, 0) is 11.2 Å². The molecule has 4 heteroatoms. The molecule has 2 N–H and O–H groups in total. The van der Waals surface area contributed by atoms with Crippen LogP contribution in [0.25, 0.3) is 0 Å². The molecule has 2 unspecified atom stereocenters. The van der Waals surface area contributed by atoms with Gasteiger partial charge in [-0.2, -0.15) is 0 Å². The SMILES string of the molecule is CC1CN(C(=O)c2ccc(CCN)cc2)CC(C)O1. The Morgan fingerprint density at radius 3 is 2.37 bits per heavy atom. The maximum Gasteiger partial charge on any atom is 0.254 e. The third kappa shape index (κ3) is 3.55. The van der Waals surface area contributed by atoms with Crippen LogP contribution >= 0.6 is 0 Å². The Morgan fingerprint density at radius 2 is 1.84 bits per heavy atom. The van der Waals surface area contributed by atoms with Crippen molar-refractivity contribution in [2.24, 2.45) is 5.73 Å². The molecule has 19 heavy (non-hydrogen) atoms. The van der Waals surface area contributed by atoms with E-state index in [1.807, 2.05) is 43.0 Å². The summed E-state index contributed by atoms with van der Waals surface area (Å²) in [5.41, 5.74) is 7.42. The number of hydrogen-bond donors (Lipinski definition) is 1. The standard InChI is InChI=1S/C15H22N2O2/c1-11-9-17(10-12(2)19-11)15(18)14-5-3-13(4-6-14)7-8-16/h3-6,11-12H,7-10,16H2,1-2H3. The molecule has 0 bridgehead atoms. The van der Waals surface area contributed by atoms with E-state index in [2.05, 4.69) is 0 Å². The predicted molar refractivity (Wildman–Crippen MR) is 75.1 cm³/mol. The Hall–Kier alpha value is -1.39. The van der Waals surface area contributed by atoms with E-state index in [4.69, 9.17) is 10.5 Å². The Balaban J connectivity index is 2.06. The highest BCUT2D eigenvalue weighted by atomic mass is 16.5. The van der Waals surface area contributed by atoms with E-state index in [0.29, 0.717) is 19.6 Å². The van der Waals surface area contributed by atoms with Crippen molar-refractivity contribution in [1.82, 2.24) is 4.90 Å². The zero-order valence-electron chi connectivity index (χ0n) is 11.6. The lowest BCUT2D eigenvalue weighted by atomic mass is 10.1. The Bertz CT molecular complexity index is 420. The second kappa shape index (κ2) is 6.17. The van der Waals surface area contributed by atoms with E-state index < -0.39 is 0 Å². The van der Waals surface area contributed by atoms with Crippen LogP contribution < -0.4 is 5.73 Å². The number of benzene rings is 1. The van der Waals surface area contributed by atoms with Gasteiger partial charge >= 0.3 is 0 Å². The summed E-state index contributed by atoms with van der Waals surface area (Å²) >= 11 is 0. The lowest BCUT2D eigenvalue weighted by Crippen LogP contribution is -2.48. The van der Waals surface area contributed by atoms with Gasteiger partial charge in [-0.15, -0.1) is 0 Å². The van der Waals surface area contributed by atoms with Gasteiger partial charge in [0.25, 0.3) is 5.91 Å². The Kier molecular flexibility index (Phi) is 4.56. The Labute approximate surface area is 114 Å². The smallest absolute Gasteiger partial charge is 0.254 e. The highest BCUT2D eigenvalue weighted by Crippen LogP contribution is 2.15. The van der Waals surface area contributed by atoms with Crippen molar-refractivity contribution in [1.29, 1.82) is 0 Å². The monoisotopic (exact) mass is 262 g/mol. The van der Waals surface area contributed by atoms with E-state index >= 15 is 0 Å². The lowest BCUT2D eigenvalue weighted by molar-refractivity contribution is -0.0586. The largest absolute Gasteiger partial charge is 0.372 e. The minimum Gasteiger partial charge on any atom is -0.372 e. The first-order valence-corrected chi connectivity index (χ1v) is 6.84. The van der Waals surface area contributed by atoms with E-state index in [9.17, 15) is 4.79 Å². The first-order valence-electron chi connectivity index (χ1n) is 6.84. The third-order valence-corrected chi connectivity index (χ3v) is 3.34. The number of ether oxygens (including phenoxy) is 1. The number of morpholine rings is 1. The molecule has 4 nitrogen and oxygen atoms in total. The topological polar surface area (TPSA) is 55.6 Å². The molecule has 1 heterocycles. The summed E-state index contributed by atoms with van der Waals surface area (Å²) in [6, 6.07) is 7.73. The molecule has 1 saturated heterocycles. The van der Waals surface area contributed by atoms with E-state index in [1.54, 1.807) is 0 Å². The molecule has 1 aliphatic rings. The highest BCUT2D eigenvalue weighted by molar-refractivity contribution is 5.94. The zero-order chi connectivity index (χ0) is 13.8. The summed E-state index contributed by atoms with van der Waals surface area (Å²) in [6.45, 7) is 5.95. The quantitative estimate of drug-likeness (QED) is 0.896. The summed E-state index contributed by atoms with van der Waals surface area (Å²) in [7, 11) is 0. The van der Waals surface area contributed by atoms with Crippen LogP contribution in [0.4, 0.5) is 0 Å². The van der Waals surface area contributed by atoms with Crippen molar-refractivity contribution in [3.63, 3.8) is 0 Å². The minimum atomic E-state index is 0.0845. The molecular weight excluding hydrogens is 240 g/mol. The molecular formula is C15H22N2O2. The molecule has 0 saturated carbocycles. The molecule has 1 aromatic carbocycles. The predicted octanol–water partition coefficient (Wildman–Crippen LogP) is 1.44. The fourth-order valence-corrected chi connectivity index (χ4v) is 2.51. The third-order valence-electron chi connectivity index (χ3n) is 3.34. The molecule has 1 aliphatic heterocycles. The summed E-state index contributed by atoms with van der Waals surface area (Å²) in [4.78, 5) is 14.3. The summed E-state index contributed by atoms with van der Waals surface area (Å²) in [6.07, 6.45) is 1.05. The van der Waals surface area contributed by atoms with Gasteiger partial charge in [-0.1, -0.05) is 12.1 Å². The maximum absolute atomic E-state index is 12.4. The van der Waals surface area contributed by atoms with Crippen molar-refractivity contribution in [3.8, 4) is 0 Å². The number of rotatable bonds is 3. The second-order valence-electron chi connectivity index (χ2n) is 5.20. The van der Waals surface area contributed by atoms with Gasteiger partial charge in [0, 0.05) is 18.7 Å². The maximum atomic E-state index is 12.4. The number of hydrogen-bond acceptors (Lipinski definition) is 3. The van der Waals surface area contributed by atoms with Gasteiger partial charge in [0.2, 0.25) is 0 Å². The average Bonchev–Trinajstić information content (AvgIpc) is 2.38. The van der Waals surface area contributed by atoms with Gasteiger partial charge in [-0.05, 0) is 44.5 Å². The van der Waals surface area contributed by atoms with Crippen LogP contribution in [0, 0.1) is 0 Å². The van der Waals surface area contributed by atoms with Crippen molar-refractivity contribution >= 4 is 5.91 Å².